The van der Waals surface area contributed by atoms with Gasteiger partial charge in [-0.25, -0.2) is 0 Å². The monoisotopic (exact) mass is 390 g/mol. The maximum atomic E-state index is 12.2. The molecule has 3 aromatic rings. The zero-order valence-corrected chi connectivity index (χ0v) is 16.6. The Morgan fingerprint density at radius 1 is 0.897 bits per heavy atom. The van der Waals surface area contributed by atoms with Gasteiger partial charge < -0.3 is 15.4 Å². The first-order valence-electron chi connectivity index (χ1n) is 9.81. The summed E-state index contributed by atoms with van der Waals surface area (Å²) in [5, 5.41) is 7.64. The molecule has 0 saturated carbocycles. The molecular formula is C24H26N2O3. The summed E-state index contributed by atoms with van der Waals surface area (Å²) in [6, 6.07) is 21.7. The summed E-state index contributed by atoms with van der Waals surface area (Å²) < 4.78 is 5.65. The average Bonchev–Trinajstić information content (AvgIpc) is 2.72. The summed E-state index contributed by atoms with van der Waals surface area (Å²) in [6.07, 6.45) is 0.947. The highest BCUT2D eigenvalue weighted by molar-refractivity contribution is 5.91. The molecule has 0 aliphatic carbocycles. The smallest absolute Gasteiger partial charge is 0.239 e. The van der Waals surface area contributed by atoms with Crippen molar-refractivity contribution in [2.45, 2.75) is 19.8 Å². The summed E-state index contributed by atoms with van der Waals surface area (Å²) >= 11 is 0. The number of carbonyl (C=O) groups excluding carboxylic acids is 2. The molecule has 0 fully saturated rings. The lowest BCUT2D eigenvalue weighted by Crippen LogP contribution is -2.38. The fourth-order valence-electron chi connectivity index (χ4n) is 3.12. The van der Waals surface area contributed by atoms with Gasteiger partial charge in [0, 0.05) is 6.54 Å². The Morgan fingerprint density at radius 2 is 1.69 bits per heavy atom. The van der Waals surface area contributed by atoms with E-state index in [0.717, 1.165) is 27.6 Å². The van der Waals surface area contributed by atoms with Crippen LogP contribution in [-0.4, -0.2) is 31.5 Å². The molecule has 0 aromatic heterocycles. The van der Waals surface area contributed by atoms with Crippen LogP contribution in [0, 0.1) is 6.92 Å². The first-order chi connectivity index (χ1) is 14.1. The normalized spacial score (nSPS) is 10.5. The highest BCUT2D eigenvalue weighted by Crippen LogP contribution is 2.18. The second-order valence-corrected chi connectivity index (χ2v) is 6.96. The SMILES string of the molecule is Cc1cccc(OCCCNC(=O)CNC(=O)Cc2cccc3ccccc23)c1. The van der Waals surface area contributed by atoms with Crippen molar-refractivity contribution >= 4 is 22.6 Å². The lowest BCUT2D eigenvalue weighted by atomic mass is 10.0. The third-order valence-corrected chi connectivity index (χ3v) is 4.58. The number of ether oxygens (including phenoxy) is 1. The number of hydrogen-bond acceptors (Lipinski definition) is 3. The molecule has 0 aliphatic heterocycles. The van der Waals surface area contributed by atoms with Gasteiger partial charge in [-0.3, -0.25) is 9.59 Å². The number of hydrogen-bond donors (Lipinski definition) is 2. The van der Waals surface area contributed by atoms with Crippen molar-refractivity contribution in [1.29, 1.82) is 0 Å². The van der Waals surface area contributed by atoms with Crippen LogP contribution >= 0.6 is 0 Å². The van der Waals surface area contributed by atoms with Crippen molar-refractivity contribution in [1.82, 2.24) is 10.6 Å². The van der Waals surface area contributed by atoms with Crippen LogP contribution in [0.15, 0.2) is 66.7 Å². The van der Waals surface area contributed by atoms with E-state index in [4.69, 9.17) is 4.74 Å². The zero-order chi connectivity index (χ0) is 20.5. The van der Waals surface area contributed by atoms with Crippen molar-refractivity contribution in [2.75, 3.05) is 19.7 Å². The Hall–Kier alpha value is -3.34. The molecule has 0 saturated heterocycles. The molecule has 0 spiro atoms. The quantitative estimate of drug-likeness (QED) is 0.551. The molecule has 0 bridgehead atoms. The van der Waals surface area contributed by atoms with Crippen LogP contribution in [0.3, 0.4) is 0 Å². The Morgan fingerprint density at radius 3 is 2.55 bits per heavy atom. The highest BCUT2D eigenvalue weighted by atomic mass is 16.5. The number of benzene rings is 3. The third kappa shape index (κ3) is 6.35. The minimum Gasteiger partial charge on any atom is -0.494 e. The molecule has 3 rings (SSSR count). The van der Waals surface area contributed by atoms with Gasteiger partial charge in [0.2, 0.25) is 11.8 Å². The third-order valence-electron chi connectivity index (χ3n) is 4.58. The van der Waals surface area contributed by atoms with E-state index in [1.807, 2.05) is 73.7 Å². The standard InChI is InChI=1S/C24H26N2O3/c1-18-7-4-11-21(15-18)29-14-6-13-25-24(28)17-26-23(27)16-20-10-5-9-19-8-2-3-12-22(19)20/h2-5,7-12,15H,6,13-14,16-17H2,1H3,(H,25,28)(H,26,27). The molecule has 5 heteroatoms. The van der Waals surface area contributed by atoms with Crippen LogP contribution in [0.2, 0.25) is 0 Å². The Kier molecular flexibility index (Phi) is 7.22. The second-order valence-electron chi connectivity index (χ2n) is 6.96. The molecule has 0 radical (unpaired) electrons. The van der Waals surface area contributed by atoms with Gasteiger partial charge in [-0.05, 0) is 47.4 Å². The molecule has 29 heavy (non-hydrogen) atoms. The van der Waals surface area contributed by atoms with E-state index in [9.17, 15) is 9.59 Å². The number of nitrogens with one attached hydrogen (secondary N) is 2. The maximum Gasteiger partial charge on any atom is 0.239 e. The van der Waals surface area contributed by atoms with Gasteiger partial charge in [-0.15, -0.1) is 0 Å². The number of amides is 2. The van der Waals surface area contributed by atoms with Gasteiger partial charge >= 0.3 is 0 Å². The van der Waals surface area contributed by atoms with Crippen molar-refractivity contribution in [2.24, 2.45) is 0 Å². The minimum absolute atomic E-state index is 0.0255. The van der Waals surface area contributed by atoms with E-state index in [2.05, 4.69) is 10.6 Å². The van der Waals surface area contributed by atoms with E-state index < -0.39 is 0 Å². The van der Waals surface area contributed by atoms with E-state index >= 15 is 0 Å². The Balaban J connectivity index is 1.34. The molecule has 2 amide bonds. The second kappa shape index (κ2) is 10.3. The first kappa shape index (κ1) is 20.4. The molecule has 2 N–H and O–H groups in total. The first-order valence-corrected chi connectivity index (χ1v) is 9.81. The highest BCUT2D eigenvalue weighted by Gasteiger charge is 2.08. The van der Waals surface area contributed by atoms with Crippen molar-refractivity contribution in [3.05, 3.63) is 77.9 Å². The number of rotatable bonds is 9. The number of carbonyl (C=O) groups is 2. The molecule has 150 valence electrons. The zero-order valence-electron chi connectivity index (χ0n) is 16.6. The van der Waals surface area contributed by atoms with Crippen LogP contribution in [0.1, 0.15) is 17.5 Å². The summed E-state index contributed by atoms with van der Waals surface area (Å²) in [5.74, 6) is 0.461. The fraction of sp³-hybridized carbons (Fsp3) is 0.250. The summed E-state index contributed by atoms with van der Waals surface area (Å²) in [5.41, 5.74) is 2.10. The van der Waals surface area contributed by atoms with Crippen LogP contribution in [0.25, 0.3) is 10.8 Å². The Bertz CT molecular complexity index is 979. The van der Waals surface area contributed by atoms with Gasteiger partial charge in [0.15, 0.2) is 0 Å². The van der Waals surface area contributed by atoms with E-state index in [-0.39, 0.29) is 24.8 Å². The van der Waals surface area contributed by atoms with Gasteiger partial charge in [0.25, 0.3) is 0 Å². The predicted molar refractivity (Wildman–Crippen MR) is 115 cm³/mol. The largest absolute Gasteiger partial charge is 0.494 e. The van der Waals surface area contributed by atoms with Gasteiger partial charge in [0.05, 0.1) is 19.6 Å². The summed E-state index contributed by atoms with van der Waals surface area (Å²) in [6.45, 7) is 3.02. The summed E-state index contributed by atoms with van der Waals surface area (Å²) in [4.78, 5) is 24.1. The Labute approximate surface area is 171 Å². The predicted octanol–water partition coefficient (Wildman–Crippen LogP) is 3.39. The van der Waals surface area contributed by atoms with Crippen LogP contribution in [0.5, 0.6) is 5.75 Å². The molecular weight excluding hydrogens is 364 g/mol. The molecule has 0 atom stereocenters. The van der Waals surface area contributed by atoms with Crippen molar-refractivity contribution in [3.63, 3.8) is 0 Å². The lowest BCUT2D eigenvalue weighted by molar-refractivity contribution is -0.125. The van der Waals surface area contributed by atoms with Crippen molar-refractivity contribution in [3.8, 4) is 5.75 Å². The lowest BCUT2D eigenvalue weighted by Gasteiger charge is -2.09. The van der Waals surface area contributed by atoms with Gasteiger partial charge in [0.1, 0.15) is 5.75 Å². The molecule has 0 unspecified atom stereocenters. The topological polar surface area (TPSA) is 67.4 Å². The maximum absolute atomic E-state index is 12.2. The van der Waals surface area contributed by atoms with Crippen molar-refractivity contribution < 1.29 is 14.3 Å². The van der Waals surface area contributed by atoms with E-state index in [1.165, 1.54) is 0 Å². The molecule has 5 nitrogen and oxygen atoms in total. The fourth-order valence-corrected chi connectivity index (χ4v) is 3.12. The molecule has 0 aliphatic rings. The number of aryl methyl sites for hydroxylation is 1. The summed E-state index contributed by atoms with van der Waals surface area (Å²) in [7, 11) is 0. The van der Waals surface area contributed by atoms with Gasteiger partial charge in [-0.2, -0.15) is 0 Å². The van der Waals surface area contributed by atoms with E-state index in [0.29, 0.717) is 19.6 Å². The van der Waals surface area contributed by atoms with Gasteiger partial charge in [-0.1, -0.05) is 54.6 Å². The molecule has 3 aromatic carbocycles. The van der Waals surface area contributed by atoms with Crippen LogP contribution < -0.4 is 15.4 Å². The molecule has 0 heterocycles. The van der Waals surface area contributed by atoms with E-state index in [1.54, 1.807) is 0 Å². The van der Waals surface area contributed by atoms with Crippen LogP contribution in [0.4, 0.5) is 0 Å². The average molecular weight is 390 g/mol. The van der Waals surface area contributed by atoms with Crippen LogP contribution in [-0.2, 0) is 16.0 Å². The minimum atomic E-state index is -0.202. The number of fused-ring (bicyclic) bond motifs is 1.